The number of carboxylic acid groups (broad SMARTS) is 1. The summed E-state index contributed by atoms with van der Waals surface area (Å²) in [7, 11) is 0. The Bertz CT molecular complexity index is 386. The lowest BCUT2D eigenvalue weighted by Gasteiger charge is -2.29. The molecule has 20 heavy (non-hydrogen) atoms. The van der Waals surface area contributed by atoms with E-state index in [0.717, 1.165) is 6.42 Å². The minimum absolute atomic E-state index is 0.0181. The summed E-state index contributed by atoms with van der Waals surface area (Å²) in [5.41, 5.74) is 5.83. The summed E-state index contributed by atoms with van der Waals surface area (Å²) in [5, 5.41) is 13.3. The number of rotatable bonds is 5. The summed E-state index contributed by atoms with van der Waals surface area (Å²) in [4.78, 5) is 35.6. The maximum atomic E-state index is 12.2. The van der Waals surface area contributed by atoms with Crippen LogP contribution >= 0.6 is 0 Å². The second kappa shape index (κ2) is 7.09. The Morgan fingerprint density at radius 2 is 2.05 bits per heavy atom. The number of nitrogens with zero attached hydrogens (tertiary/aromatic N) is 1. The van der Waals surface area contributed by atoms with Gasteiger partial charge in [0, 0.05) is 6.54 Å². The first kappa shape index (κ1) is 16.2. The van der Waals surface area contributed by atoms with Crippen molar-refractivity contribution in [3.05, 3.63) is 0 Å². The first-order valence-electron chi connectivity index (χ1n) is 6.65. The molecular formula is C12H22N4O4. The molecule has 1 aliphatic rings. The number of amides is 3. The van der Waals surface area contributed by atoms with Crippen molar-refractivity contribution < 1.29 is 19.5 Å². The number of urea groups is 1. The highest BCUT2D eigenvalue weighted by Crippen LogP contribution is 2.17. The van der Waals surface area contributed by atoms with E-state index in [9.17, 15) is 14.4 Å². The maximum Gasteiger partial charge on any atom is 0.323 e. The van der Waals surface area contributed by atoms with E-state index in [0.29, 0.717) is 13.0 Å². The van der Waals surface area contributed by atoms with Crippen LogP contribution in [-0.4, -0.2) is 53.2 Å². The number of likely N-dealkylation sites (tertiary alicyclic amines) is 1. The SMILES string of the molecule is CC(C)[C@H](N)C(=O)N1CCC[C@H]1NC(=O)NCC(=O)O. The quantitative estimate of drug-likeness (QED) is 0.532. The lowest BCUT2D eigenvalue weighted by atomic mass is 10.0. The molecule has 1 saturated heterocycles. The number of carbonyl (C=O) groups excluding carboxylic acids is 2. The second-order valence-electron chi connectivity index (χ2n) is 5.18. The molecule has 2 atom stereocenters. The topological polar surface area (TPSA) is 125 Å². The van der Waals surface area contributed by atoms with E-state index in [-0.39, 0.29) is 11.8 Å². The molecule has 1 heterocycles. The second-order valence-corrected chi connectivity index (χ2v) is 5.18. The van der Waals surface area contributed by atoms with Gasteiger partial charge in [-0.05, 0) is 18.8 Å². The molecule has 0 bridgehead atoms. The number of carboxylic acids is 1. The number of carbonyl (C=O) groups is 3. The zero-order valence-electron chi connectivity index (χ0n) is 11.8. The molecule has 3 amide bonds. The van der Waals surface area contributed by atoms with Crippen molar-refractivity contribution in [3.8, 4) is 0 Å². The summed E-state index contributed by atoms with van der Waals surface area (Å²) in [6, 6.07) is -1.20. The van der Waals surface area contributed by atoms with Gasteiger partial charge in [0.05, 0.1) is 6.04 Å². The first-order valence-corrected chi connectivity index (χ1v) is 6.65. The summed E-state index contributed by atoms with van der Waals surface area (Å²) in [5.74, 6) is -1.30. The molecule has 0 spiro atoms. The molecule has 0 aromatic carbocycles. The van der Waals surface area contributed by atoms with Crippen molar-refractivity contribution in [2.24, 2.45) is 11.7 Å². The lowest BCUT2D eigenvalue weighted by molar-refractivity contribution is -0.136. The molecule has 1 aliphatic heterocycles. The first-order chi connectivity index (χ1) is 9.32. The van der Waals surface area contributed by atoms with Gasteiger partial charge >= 0.3 is 12.0 Å². The average molecular weight is 286 g/mol. The minimum Gasteiger partial charge on any atom is -0.480 e. The third-order valence-corrected chi connectivity index (χ3v) is 3.24. The zero-order valence-corrected chi connectivity index (χ0v) is 11.8. The largest absolute Gasteiger partial charge is 0.480 e. The highest BCUT2D eigenvalue weighted by atomic mass is 16.4. The van der Waals surface area contributed by atoms with Crippen LogP contribution in [-0.2, 0) is 9.59 Å². The Hall–Kier alpha value is -1.83. The number of nitrogens with two attached hydrogens (primary N) is 1. The standard InChI is InChI=1S/C12H22N4O4/c1-7(2)10(13)11(19)16-5-3-4-8(16)15-12(20)14-6-9(17)18/h7-8,10H,3-6,13H2,1-2H3,(H,17,18)(H2,14,15,20)/t8-,10-/m0/s1. The number of hydrogen-bond donors (Lipinski definition) is 4. The minimum atomic E-state index is -1.12. The summed E-state index contributed by atoms with van der Waals surface area (Å²) >= 11 is 0. The molecule has 0 aromatic heterocycles. The van der Waals surface area contributed by atoms with E-state index in [4.69, 9.17) is 10.8 Å². The molecule has 8 heteroatoms. The maximum absolute atomic E-state index is 12.2. The molecule has 114 valence electrons. The van der Waals surface area contributed by atoms with Crippen molar-refractivity contribution >= 4 is 17.9 Å². The van der Waals surface area contributed by atoms with Gasteiger partial charge in [-0.2, -0.15) is 0 Å². The van der Waals surface area contributed by atoms with Crippen molar-refractivity contribution in [2.75, 3.05) is 13.1 Å². The van der Waals surface area contributed by atoms with Crippen molar-refractivity contribution in [1.82, 2.24) is 15.5 Å². The van der Waals surface area contributed by atoms with Crippen LogP contribution in [0.15, 0.2) is 0 Å². The van der Waals surface area contributed by atoms with Crippen LogP contribution in [0.2, 0.25) is 0 Å². The fraction of sp³-hybridized carbons (Fsp3) is 0.750. The smallest absolute Gasteiger partial charge is 0.323 e. The van der Waals surface area contributed by atoms with Gasteiger partial charge in [-0.1, -0.05) is 13.8 Å². The van der Waals surface area contributed by atoms with Crippen LogP contribution in [0.1, 0.15) is 26.7 Å². The van der Waals surface area contributed by atoms with Crippen molar-refractivity contribution in [3.63, 3.8) is 0 Å². The molecule has 5 N–H and O–H groups in total. The van der Waals surface area contributed by atoms with E-state index in [2.05, 4.69) is 10.6 Å². The average Bonchev–Trinajstić information content (AvgIpc) is 2.82. The third kappa shape index (κ3) is 4.37. The predicted octanol–water partition coefficient (Wildman–Crippen LogP) is -0.698. The fourth-order valence-electron chi connectivity index (χ4n) is 2.02. The normalized spacial score (nSPS) is 19.8. The van der Waals surface area contributed by atoms with Gasteiger partial charge in [0.15, 0.2) is 0 Å². The Kier molecular flexibility index (Phi) is 5.75. The van der Waals surface area contributed by atoms with E-state index in [1.54, 1.807) is 4.90 Å². The molecule has 0 unspecified atom stereocenters. The van der Waals surface area contributed by atoms with Crippen molar-refractivity contribution in [2.45, 2.75) is 38.9 Å². The fourth-order valence-corrected chi connectivity index (χ4v) is 2.02. The van der Waals surface area contributed by atoms with Gasteiger partial charge in [-0.25, -0.2) is 4.79 Å². The van der Waals surface area contributed by atoms with E-state index >= 15 is 0 Å². The summed E-state index contributed by atoms with van der Waals surface area (Å²) in [6.07, 6.45) is 0.985. The predicted molar refractivity (Wildman–Crippen MR) is 71.7 cm³/mol. The van der Waals surface area contributed by atoms with Gasteiger partial charge < -0.3 is 26.4 Å². The highest BCUT2D eigenvalue weighted by molar-refractivity contribution is 5.84. The van der Waals surface area contributed by atoms with Gasteiger partial charge in [0.25, 0.3) is 0 Å². The Morgan fingerprint density at radius 3 is 2.60 bits per heavy atom. The van der Waals surface area contributed by atoms with Gasteiger partial charge in [-0.3, -0.25) is 9.59 Å². The Balaban J connectivity index is 2.54. The van der Waals surface area contributed by atoms with Crippen LogP contribution in [0.25, 0.3) is 0 Å². The number of nitrogens with one attached hydrogen (secondary N) is 2. The van der Waals surface area contributed by atoms with Crippen LogP contribution < -0.4 is 16.4 Å². The monoisotopic (exact) mass is 286 g/mol. The number of hydrogen-bond acceptors (Lipinski definition) is 4. The molecule has 1 fully saturated rings. The summed E-state index contributed by atoms with van der Waals surface area (Å²) in [6.45, 7) is 3.81. The molecular weight excluding hydrogens is 264 g/mol. The highest BCUT2D eigenvalue weighted by Gasteiger charge is 2.33. The van der Waals surface area contributed by atoms with Crippen LogP contribution in [0.5, 0.6) is 0 Å². The van der Waals surface area contributed by atoms with E-state index in [1.165, 1.54) is 0 Å². The van der Waals surface area contributed by atoms with Gasteiger partial charge in [0.1, 0.15) is 12.7 Å². The zero-order chi connectivity index (χ0) is 15.3. The van der Waals surface area contributed by atoms with Crippen LogP contribution in [0.4, 0.5) is 4.79 Å². The van der Waals surface area contributed by atoms with Crippen LogP contribution in [0.3, 0.4) is 0 Å². The molecule has 0 aliphatic carbocycles. The molecule has 0 saturated carbocycles. The molecule has 0 aromatic rings. The van der Waals surface area contributed by atoms with Crippen LogP contribution in [0, 0.1) is 5.92 Å². The Morgan fingerprint density at radius 1 is 1.40 bits per heavy atom. The third-order valence-electron chi connectivity index (χ3n) is 3.24. The molecule has 1 rings (SSSR count). The Labute approximate surface area is 117 Å². The summed E-state index contributed by atoms with van der Waals surface area (Å²) < 4.78 is 0. The molecule has 0 radical (unpaired) electrons. The lowest BCUT2D eigenvalue weighted by Crippen LogP contribution is -2.55. The number of aliphatic carboxylic acids is 1. The van der Waals surface area contributed by atoms with Crippen molar-refractivity contribution in [1.29, 1.82) is 0 Å². The molecule has 8 nitrogen and oxygen atoms in total. The van der Waals surface area contributed by atoms with E-state index < -0.39 is 30.8 Å². The van der Waals surface area contributed by atoms with Gasteiger partial charge in [-0.15, -0.1) is 0 Å². The van der Waals surface area contributed by atoms with E-state index in [1.807, 2.05) is 13.8 Å². The van der Waals surface area contributed by atoms with Gasteiger partial charge in [0.2, 0.25) is 5.91 Å².